The topological polar surface area (TPSA) is 72.6 Å². The number of rotatable bonds is 9. The lowest BCUT2D eigenvalue weighted by molar-refractivity contribution is -0.948. The molecule has 3 aromatic rings. The average molecular weight is 462 g/mol. The van der Waals surface area contributed by atoms with Gasteiger partial charge < -0.3 is 14.3 Å². The predicted octanol–water partition coefficient (Wildman–Crippen LogP) is 5.45. The summed E-state index contributed by atoms with van der Waals surface area (Å²) in [5.41, 5.74) is 3.45. The molecule has 0 spiro atoms. The van der Waals surface area contributed by atoms with Crippen LogP contribution >= 0.6 is 0 Å². The fourth-order valence-electron chi connectivity index (χ4n) is 4.83. The molecule has 3 aromatic carbocycles. The predicted molar refractivity (Wildman–Crippen MR) is 133 cm³/mol. The molecular formula is C28H33N2O4+. The van der Waals surface area contributed by atoms with E-state index in [-0.39, 0.29) is 17.2 Å². The fraction of sp³-hybridized carbons (Fsp3) is 0.357. The molecule has 178 valence electrons. The van der Waals surface area contributed by atoms with Crippen molar-refractivity contribution in [3.8, 4) is 16.9 Å². The zero-order valence-corrected chi connectivity index (χ0v) is 19.7. The molecule has 0 bridgehead atoms. The standard InChI is InChI=1S/C28H33N2O4/c1-22-15-17-30(18-16-22,19-23-7-11-26(12-8-23)29(32)33)20-27(31)21-34-28-13-9-25(10-14-28)24-5-3-2-4-6-24/h2-14,22,27,31H,15-21H2,1H3/q+1/t22?,27-,30?/m0/s1. The highest BCUT2D eigenvalue weighted by atomic mass is 16.6. The number of non-ortho nitro benzene ring substituents is 1. The number of nitro groups is 1. The van der Waals surface area contributed by atoms with E-state index in [1.807, 2.05) is 54.6 Å². The van der Waals surface area contributed by atoms with Gasteiger partial charge in [-0.1, -0.05) is 49.4 Å². The van der Waals surface area contributed by atoms with Crippen LogP contribution < -0.4 is 4.74 Å². The second kappa shape index (κ2) is 10.8. The van der Waals surface area contributed by atoms with E-state index in [0.717, 1.165) is 59.4 Å². The summed E-state index contributed by atoms with van der Waals surface area (Å²) in [6, 6.07) is 25.0. The number of aliphatic hydroxyl groups excluding tert-OH is 1. The summed E-state index contributed by atoms with van der Waals surface area (Å²) in [5.74, 6) is 1.42. The Balaban J connectivity index is 1.37. The minimum atomic E-state index is -0.597. The molecule has 34 heavy (non-hydrogen) atoms. The molecule has 1 atom stereocenters. The van der Waals surface area contributed by atoms with Crippen molar-refractivity contribution in [2.24, 2.45) is 5.92 Å². The van der Waals surface area contributed by atoms with Crippen LogP contribution in [0.2, 0.25) is 0 Å². The molecule has 1 saturated heterocycles. The second-order valence-corrected chi connectivity index (χ2v) is 9.59. The van der Waals surface area contributed by atoms with E-state index < -0.39 is 6.10 Å². The summed E-state index contributed by atoms with van der Waals surface area (Å²) < 4.78 is 6.70. The van der Waals surface area contributed by atoms with Gasteiger partial charge in [0.25, 0.3) is 5.69 Å². The van der Waals surface area contributed by atoms with E-state index in [0.29, 0.717) is 12.5 Å². The van der Waals surface area contributed by atoms with Crippen molar-refractivity contribution in [3.05, 3.63) is 94.5 Å². The Labute approximate surface area is 201 Å². The van der Waals surface area contributed by atoms with Crippen LogP contribution in [0.1, 0.15) is 25.3 Å². The van der Waals surface area contributed by atoms with Crippen molar-refractivity contribution in [1.82, 2.24) is 0 Å². The second-order valence-electron chi connectivity index (χ2n) is 9.59. The number of nitro benzene ring substituents is 1. The lowest BCUT2D eigenvalue weighted by atomic mass is 9.95. The molecular weight excluding hydrogens is 428 g/mol. The number of hydrogen-bond donors (Lipinski definition) is 1. The van der Waals surface area contributed by atoms with Crippen LogP contribution in [0.25, 0.3) is 11.1 Å². The van der Waals surface area contributed by atoms with Crippen molar-refractivity contribution in [3.63, 3.8) is 0 Å². The lowest BCUT2D eigenvalue weighted by Crippen LogP contribution is -2.56. The number of quaternary nitrogens is 1. The first-order valence-corrected chi connectivity index (χ1v) is 12.0. The fourth-order valence-corrected chi connectivity index (χ4v) is 4.83. The highest BCUT2D eigenvalue weighted by molar-refractivity contribution is 5.63. The summed E-state index contributed by atoms with van der Waals surface area (Å²) in [4.78, 5) is 10.6. The summed E-state index contributed by atoms with van der Waals surface area (Å²) >= 11 is 0. The van der Waals surface area contributed by atoms with Crippen LogP contribution in [0.3, 0.4) is 0 Å². The largest absolute Gasteiger partial charge is 0.491 e. The average Bonchev–Trinajstić information content (AvgIpc) is 2.86. The summed E-state index contributed by atoms with van der Waals surface area (Å²) in [6.45, 7) is 5.85. The Bertz CT molecular complexity index is 1060. The van der Waals surface area contributed by atoms with Crippen molar-refractivity contribution in [1.29, 1.82) is 0 Å². The molecule has 6 nitrogen and oxygen atoms in total. The third kappa shape index (κ3) is 6.22. The highest BCUT2D eigenvalue weighted by Gasteiger charge is 2.35. The number of hydrogen-bond acceptors (Lipinski definition) is 4. The number of nitrogens with zero attached hydrogens (tertiary/aromatic N) is 2. The minimum absolute atomic E-state index is 0.106. The van der Waals surface area contributed by atoms with Crippen LogP contribution in [-0.4, -0.2) is 46.9 Å². The van der Waals surface area contributed by atoms with E-state index in [1.54, 1.807) is 12.1 Å². The van der Waals surface area contributed by atoms with Crippen molar-refractivity contribution >= 4 is 5.69 Å². The van der Waals surface area contributed by atoms with Crippen LogP contribution in [0.5, 0.6) is 5.75 Å². The number of likely N-dealkylation sites (tertiary alicyclic amines) is 1. The Morgan fingerprint density at radius 3 is 2.21 bits per heavy atom. The van der Waals surface area contributed by atoms with E-state index in [4.69, 9.17) is 4.74 Å². The van der Waals surface area contributed by atoms with Gasteiger partial charge in [-0.25, -0.2) is 0 Å². The summed E-state index contributed by atoms with van der Waals surface area (Å²) in [7, 11) is 0. The van der Waals surface area contributed by atoms with Crippen molar-refractivity contribution in [2.45, 2.75) is 32.4 Å². The van der Waals surface area contributed by atoms with Gasteiger partial charge in [0, 0.05) is 17.7 Å². The molecule has 0 amide bonds. The molecule has 1 aliphatic rings. The lowest BCUT2D eigenvalue weighted by Gasteiger charge is -2.44. The Morgan fingerprint density at radius 1 is 0.971 bits per heavy atom. The first-order valence-electron chi connectivity index (χ1n) is 12.0. The molecule has 1 N–H and O–H groups in total. The molecule has 0 radical (unpaired) electrons. The molecule has 1 heterocycles. The van der Waals surface area contributed by atoms with Crippen LogP contribution in [0, 0.1) is 16.0 Å². The Kier molecular flexibility index (Phi) is 7.60. The normalized spacial score (nSPS) is 21.1. The first-order chi connectivity index (χ1) is 16.4. The van der Waals surface area contributed by atoms with Crippen molar-refractivity contribution < 1.29 is 19.2 Å². The van der Waals surface area contributed by atoms with Gasteiger partial charge in [0.15, 0.2) is 0 Å². The molecule has 1 fully saturated rings. The van der Waals surface area contributed by atoms with Gasteiger partial charge in [-0.2, -0.15) is 0 Å². The zero-order valence-electron chi connectivity index (χ0n) is 19.7. The van der Waals surface area contributed by atoms with Crippen LogP contribution in [0.4, 0.5) is 5.69 Å². The number of benzene rings is 3. The third-order valence-electron chi connectivity index (χ3n) is 6.86. The molecule has 1 aliphatic heterocycles. The third-order valence-corrected chi connectivity index (χ3v) is 6.86. The highest BCUT2D eigenvalue weighted by Crippen LogP contribution is 2.28. The smallest absolute Gasteiger partial charge is 0.269 e. The quantitative estimate of drug-likeness (QED) is 0.261. The molecule has 0 aromatic heterocycles. The van der Waals surface area contributed by atoms with Crippen LogP contribution in [-0.2, 0) is 6.54 Å². The molecule has 0 aliphatic carbocycles. The Hall–Kier alpha value is -3.22. The maximum absolute atomic E-state index is 11.0. The van der Waals surface area contributed by atoms with E-state index >= 15 is 0 Å². The number of aliphatic hydroxyl groups is 1. The van der Waals surface area contributed by atoms with Crippen molar-refractivity contribution in [2.75, 3.05) is 26.2 Å². The molecule has 4 rings (SSSR count). The van der Waals surface area contributed by atoms with E-state index in [2.05, 4.69) is 19.1 Å². The van der Waals surface area contributed by atoms with Gasteiger partial charge in [-0.15, -0.1) is 0 Å². The molecule has 6 heteroatoms. The summed E-state index contributed by atoms with van der Waals surface area (Å²) in [5, 5.41) is 21.9. The maximum atomic E-state index is 11.0. The maximum Gasteiger partial charge on any atom is 0.269 e. The number of piperidine rings is 1. The molecule has 0 saturated carbocycles. The van der Waals surface area contributed by atoms with Gasteiger partial charge in [-0.3, -0.25) is 10.1 Å². The van der Waals surface area contributed by atoms with Gasteiger partial charge in [0.1, 0.15) is 31.5 Å². The molecule has 0 unspecified atom stereocenters. The SMILES string of the molecule is CC1CC[N+](Cc2ccc([N+](=O)[O-])cc2)(C[C@H](O)COc2ccc(-c3ccccc3)cc2)CC1. The van der Waals surface area contributed by atoms with Crippen LogP contribution in [0.15, 0.2) is 78.9 Å². The Morgan fingerprint density at radius 2 is 1.59 bits per heavy atom. The monoisotopic (exact) mass is 461 g/mol. The zero-order chi connectivity index (χ0) is 24.0. The summed E-state index contributed by atoms with van der Waals surface area (Å²) in [6.07, 6.45) is 1.63. The van der Waals surface area contributed by atoms with Gasteiger partial charge in [0.2, 0.25) is 0 Å². The minimum Gasteiger partial charge on any atom is -0.491 e. The van der Waals surface area contributed by atoms with Gasteiger partial charge in [0.05, 0.1) is 18.0 Å². The van der Waals surface area contributed by atoms with E-state index in [1.165, 1.54) is 0 Å². The van der Waals surface area contributed by atoms with Gasteiger partial charge >= 0.3 is 0 Å². The first kappa shape index (κ1) is 23.9. The number of ether oxygens (including phenoxy) is 1. The van der Waals surface area contributed by atoms with E-state index in [9.17, 15) is 15.2 Å². The van der Waals surface area contributed by atoms with Gasteiger partial charge in [-0.05, 0) is 54.2 Å².